The monoisotopic (exact) mass is 292 g/mol. The number of ether oxygens (including phenoxy) is 1. The first kappa shape index (κ1) is 14.5. The standard InChI is InChI=1S/C14H16N2O3S/c1-16(8-13(17)18)7-11-9-20-14(15-11)10-3-5-12(19-2)6-4-10/h3-6,9H,7-8H2,1-2H3,(H,17,18). The molecule has 0 aliphatic heterocycles. The van der Waals surface area contributed by atoms with Crippen molar-refractivity contribution in [1.29, 1.82) is 0 Å². The van der Waals surface area contributed by atoms with E-state index in [0.717, 1.165) is 22.0 Å². The molecule has 6 heteroatoms. The number of methoxy groups -OCH3 is 1. The van der Waals surface area contributed by atoms with Crippen LogP contribution in [0.4, 0.5) is 0 Å². The Morgan fingerprint density at radius 2 is 2.10 bits per heavy atom. The Morgan fingerprint density at radius 1 is 1.40 bits per heavy atom. The first-order chi connectivity index (χ1) is 9.58. The molecule has 5 nitrogen and oxygen atoms in total. The molecule has 0 aliphatic rings. The van der Waals surface area contributed by atoms with Crippen molar-refractivity contribution in [3.63, 3.8) is 0 Å². The zero-order chi connectivity index (χ0) is 14.5. The Hall–Kier alpha value is -1.92. The molecular formula is C14H16N2O3S. The number of hydrogen-bond acceptors (Lipinski definition) is 5. The number of rotatable bonds is 6. The van der Waals surface area contributed by atoms with Gasteiger partial charge >= 0.3 is 5.97 Å². The maximum Gasteiger partial charge on any atom is 0.317 e. The molecule has 1 aromatic carbocycles. The third-order valence-corrected chi connectivity index (χ3v) is 3.67. The lowest BCUT2D eigenvalue weighted by Gasteiger charge is -2.11. The predicted molar refractivity (Wildman–Crippen MR) is 78.1 cm³/mol. The molecule has 20 heavy (non-hydrogen) atoms. The van der Waals surface area contributed by atoms with Crippen LogP contribution in [0, 0.1) is 0 Å². The fraction of sp³-hybridized carbons (Fsp3) is 0.286. The van der Waals surface area contributed by atoms with Crippen LogP contribution in [-0.4, -0.2) is 41.7 Å². The first-order valence-corrected chi connectivity index (χ1v) is 6.95. The molecule has 1 aromatic heterocycles. The second kappa shape index (κ2) is 6.49. The second-order valence-electron chi connectivity index (χ2n) is 4.44. The smallest absolute Gasteiger partial charge is 0.317 e. The largest absolute Gasteiger partial charge is 0.497 e. The van der Waals surface area contributed by atoms with Gasteiger partial charge in [0.05, 0.1) is 19.3 Å². The Labute approximate surface area is 121 Å². The Bertz CT molecular complexity index is 580. The Kier molecular flexibility index (Phi) is 4.70. The molecule has 0 aliphatic carbocycles. The summed E-state index contributed by atoms with van der Waals surface area (Å²) < 4.78 is 5.12. The summed E-state index contributed by atoms with van der Waals surface area (Å²) >= 11 is 1.55. The summed E-state index contributed by atoms with van der Waals surface area (Å²) in [7, 11) is 3.40. The first-order valence-electron chi connectivity index (χ1n) is 6.07. The van der Waals surface area contributed by atoms with Crippen molar-refractivity contribution in [2.45, 2.75) is 6.54 Å². The van der Waals surface area contributed by atoms with Gasteiger partial charge in [-0.1, -0.05) is 0 Å². The molecular weight excluding hydrogens is 276 g/mol. The van der Waals surface area contributed by atoms with Crippen molar-refractivity contribution in [1.82, 2.24) is 9.88 Å². The van der Waals surface area contributed by atoms with Gasteiger partial charge in [-0.25, -0.2) is 4.98 Å². The van der Waals surface area contributed by atoms with Gasteiger partial charge in [-0.05, 0) is 31.3 Å². The average Bonchev–Trinajstić information content (AvgIpc) is 2.86. The van der Waals surface area contributed by atoms with E-state index in [1.54, 1.807) is 30.4 Å². The zero-order valence-corrected chi connectivity index (χ0v) is 12.2. The minimum atomic E-state index is -0.835. The minimum Gasteiger partial charge on any atom is -0.497 e. The number of hydrogen-bond donors (Lipinski definition) is 1. The number of thiazole rings is 1. The van der Waals surface area contributed by atoms with Gasteiger partial charge in [-0.15, -0.1) is 11.3 Å². The van der Waals surface area contributed by atoms with Crippen LogP contribution in [0.2, 0.25) is 0 Å². The highest BCUT2D eigenvalue weighted by molar-refractivity contribution is 7.13. The van der Waals surface area contributed by atoms with Crippen molar-refractivity contribution in [2.24, 2.45) is 0 Å². The highest BCUT2D eigenvalue weighted by Crippen LogP contribution is 2.25. The number of nitrogens with zero attached hydrogens (tertiary/aromatic N) is 2. The van der Waals surface area contributed by atoms with Crippen molar-refractivity contribution in [3.05, 3.63) is 35.3 Å². The van der Waals surface area contributed by atoms with Crippen LogP contribution in [-0.2, 0) is 11.3 Å². The molecule has 2 aromatic rings. The third kappa shape index (κ3) is 3.79. The van der Waals surface area contributed by atoms with Crippen molar-refractivity contribution in [2.75, 3.05) is 20.7 Å². The predicted octanol–water partition coefficient (Wildman–Crippen LogP) is 2.34. The molecule has 0 radical (unpaired) electrons. The van der Waals surface area contributed by atoms with Crippen LogP contribution in [0.25, 0.3) is 10.6 Å². The highest BCUT2D eigenvalue weighted by atomic mass is 32.1. The molecule has 1 heterocycles. The van der Waals surface area contributed by atoms with Crippen LogP contribution in [0.3, 0.4) is 0 Å². The number of benzene rings is 1. The van der Waals surface area contributed by atoms with Crippen molar-refractivity contribution in [3.8, 4) is 16.3 Å². The van der Waals surface area contributed by atoms with Crippen LogP contribution in [0.1, 0.15) is 5.69 Å². The zero-order valence-electron chi connectivity index (χ0n) is 11.4. The van der Waals surface area contributed by atoms with E-state index in [4.69, 9.17) is 9.84 Å². The topological polar surface area (TPSA) is 62.7 Å². The lowest BCUT2D eigenvalue weighted by atomic mass is 10.2. The quantitative estimate of drug-likeness (QED) is 0.885. The number of carboxylic acid groups (broad SMARTS) is 1. The van der Waals surface area contributed by atoms with E-state index in [9.17, 15) is 4.79 Å². The van der Waals surface area contributed by atoms with Gasteiger partial charge in [0.15, 0.2) is 0 Å². The summed E-state index contributed by atoms with van der Waals surface area (Å²) in [5.41, 5.74) is 1.91. The number of carboxylic acids is 1. The van der Waals surface area contributed by atoms with Gasteiger partial charge in [0.1, 0.15) is 10.8 Å². The fourth-order valence-electron chi connectivity index (χ4n) is 1.81. The number of likely N-dealkylation sites (N-methyl/N-ethyl adjacent to an activating group) is 1. The molecule has 0 atom stereocenters. The summed E-state index contributed by atoms with van der Waals surface area (Å²) in [6.45, 7) is 0.536. The van der Waals surface area contributed by atoms with E-state index in [-0.39, 0.29) is 6.54 Å². The van der Waals surface area contributed by atoms with Gasteiger partial charge in [0.25, 0.3) is 0 Å². The lowest BCUT2D eigenvalue weighted by molar-refractivity contribution is -0.138. The molecule has 0 unspecified atom stereocenters. The molecule has 106 valence electrons. The fourth-order valence-corrected chi connectivity index (χ4v) is 2.63. The van der Waals surface area contributed by atoms with Crippen LogP contribution >= 0.6 is 11.3 Å². The van der Waals surface area contributed by atoms with E-state index in [1.807, 2.05) is 29.6 Å². The van der Waals surface area contributed by atoms with Crippen LogP contribution in [0.15, 0.2) is 29.6 Å². The van der Waals surface area contributed by atoms with E-state index in [2.05, 4.69) is 4.98 Å². The molecule has 0 spiro atoms. The SMILES string of the molecule is COc1ccc(-c2nc(CN(C)CC(=O)O)cs2)cc1. The number of aromatic nitrogens is 1. The maximum absolute atomic E-state index is 10.6. The molecule has 0 amide bonds. The normalized spacial score (nSPS) is 10.8. The van der Waals surface area contributed by atoms with Crippen LogP contribution < -0.4 is 4.74 Å². The minimum absolute atomic E-state index is 0.00932. The van der Waals surface area contributed by atoms with Gasteiger partial charge in [-0.3, -0.25) is 9.69 Å². The summed E-state index contributed by atoms with van der Waals surface area (Å²) in [6, 6.07) is 7.71. The van der Waals surface area contributed by atoms with Crippen molar-refractivity contribution >= 4 is 17.3 Å². The molecule has 1 N–H and O–H groups in total. The molecule has 0 fully saturated rings. The lowest BCUT2D eigenvalue weighted by Crippen LogP contribution is -2.25. The average molecular weight is 292 g/mol. The van der Waals surface area contributed by atoms with E-state index >= 15 is 0 Å². The number of carbonyl (C=O) groups is 1. The van der Waals surface area contributed by atoms with E-state index < -0.39 is 5.97 Å². The Balaban J connectivity index is 2.06. The summed E-state index contributed by atoms with van der Waals surface area (Å²) in [5, 5.41) is 11.6. The molecule has 0 saturated heterocycles. The number of aliphatic carboxylic acids is 1. The van der Waals surface area contributed by atoms with Gasteiger partial charge in [0.2, 0.25) is 0 Å². The second-order valence-corrected chi connectivity index (χ2v) is 5.30. The maximum atomic E-state index is 10.6. The summed E-state index contributed by atoms with van der Waals surface area (Å²) in [5.74, 6) is -0.0233. The van der Waals surface area contributed by atoms with Gasteiger partial charge in [-0.2, -0.15) is 0 Å². The Morgan fingerprint density at radius 3 is 2.70 bits per heavy atom. The van der Waals surface area contributed by atoms with Crippen molar-refractivity contribution < 1.29 is 14.6 Å². The van der Waals surface area contributed by atoms with Gasteiger partial charge < -0.3 is 9.84 Å². The highest BCUT2D eigenvalue weighted by Gasteiger charge is 2.09. The molecule has 0 bridgehead atoms. The third-order valence-electron chi connectivity index (χ3n) is 2.73. The summed E-state index contributed by atoms with van der Waals surface area (Å²) in [4.78, 5) is 16.9. The molecule has 0 saturated carbocycles. The molecule has 2 rings (SSSR count). The van der Waals surface area contributed by atoms with E-state index in [0.29, 0.717) is 6.54 Å². The van der Waals surface area contributed by atoms with E-state index in [1.165, 1.54) is 0 Å². The van der Waals surface area contributed by atoms with Crippen LogP contribution in [0.5, 0.6) is 5.75 Å². The summed E-state index contributed by atoms with van der Waals surface area (Å²) in [6.07, 6.45) is 0. The van der Waals surface area contributed by atoms with Gasteiger partial charge in [0, 0.05) is 17.5 Å².